The predicted molar refractivity (Wildman–Crippen MR) is 116 cm³/mol. The third kappa shape index (κ3) is 4.07. The van der Waals surface area contributed by atoms with E-state index in [1.807, 2.05) is 49.1 Å². The first-order valence-electron chi connectivity index (χ1n) is 10.3. The summed E-state index contributed by atoms with van der Waals surface area (Å²) < 4.78 is 0. The SMILES string of the molecule is Cc1ccc(C(CC(N)=O)N2CC3CN(C(=O)c4ncccc4C)CC3C2)cc1Cl. The molecule has 1 aromatic heterocycles. The Balaban J connectivity index is 1.47. The summed E-state index contributed by atoms with van der Waals surface area (Å²) in [6, 6.07) is 9.63. The number of carbonyl (C=O) groups is 2. The molecule has 6 nitrogen and oxygen atoms in total. The molecule has 0 spiro atoms. The van der Waals surface area contributed by atoms with Crippen molar-refractivity contribution in [3.8, 4) is 0 Å². The molecule has 2 N–H and O–H groups in total. The van der Waals surface area contributed by atoms with Crippen LogP contribution >= 0.6 is 11.6 Å². The van der Waals surface area contributed by atoms with Crippen molar-refractivity contribution in [1.29, 1.82) is 0 Å². The Morgan fingerprint density at radius 1 is 1.13 bits per heavy atom. The average Bonchev–Trinajstić information content (AvgIpc) is 3.27. The summed E-state index contributed by atoms with van der Waals surface area (Å²) in [7, 11) is 0. The van der Waals surface area contributed by atoms with E-state index in [0.717, 1.165) is 29.8 Å². The highest BCUT2D eigenvalue weighted by Crippen LogP contribution is 2.38. The van der Waals surface area contributed by atoms with Crippen LogP contribution in [0.3, 0.4) is 0 Å². The van der Waals surface area contributed by atoms with Crippen LogP contribution in [-0.2, 0) is 4.79 Å². The van der Waals surface area contributed by atoms with Crippen LogP contribution in [0.25, 0.3) is 0 Å². The van der Waals surface area contributed by atoms with E-state index in [4.69, 9.17) is 17.3 Å². The fraction of sp³-hybridized carbons (Fsp3) is 0.435. The maximum atomic E-state index is 12.9. The molecule has 30 heavy (non-hydrogen) atoms. The fourth-order valence-corrected chi connectivity index (χ4v) is 4.96. The smallest absolute Gasteiger partial charge is 0.272 e. The van der Waals surface area contributed by atoms with Gasteiger partial charge in [-0.3, -0.25) is 19.5 Å². The minimum absolute atomic E-state index is 0.00746. The molecule has 0 saturated carbocycles. The van der Waals surface area contributed by atoms with Gasteiger partial charge in [-0.2, -0.15) is 0 Å². The number of likely N-dealkylation sites (tertiary alicyclic amines) is 2. The number of amides is 2. The van der Waals surface area contributed by atoms with Crippen LogP contribution in [0.1, 0.15) is 39.6 Å². The molecule has 0 aliphatic carbocycles. The van der Waals surface area contributed by atoms with Gasteiger partial charge in [-0.1, -0.05) is 29.8 Å². The van der Waals surface area contributed by atoms with Gasteiger partial charge in [-0.15, -0.1) is 0 Å². The summed E-state index contributed by atoms with van der Waals surface area (Å²) in [6.45, 7) is 6.98. The molecular formula is C23H27ClN4O2. The molecule has 1 aromatic carbocycles. The van der Waals surface area contributed by atoms with Crippen LogP contribution in [0.5, 0.6) is 0 Å². The molecule has 2 fully saturated rings. The van der Waals surface area contributed by atoms with E-state index < -0.39 is 0 Å². The van der Waals surface area contributed by atoms with Crippen molar-refractivity contribution in [3.63, 3.8) is 0 Å². The van der Waals surface area contributed by atoms with Crippen LogP contribution in [-0.4, -0.2) is 52.8 Å². The number of hydrogen-bond donors (Lipinski definition) is 1. The Morgan fingerprint density at radius 3 is 2.43 bits per heavy atom. The van der Waals surface area contributed by atoms with E-state index in [1.54, 1.807) is 6.20 Å². The quantitative estimate of drug-likeness (QED) is 0.797. The maximum absolute atomic E-state index is 12.9. The topological polar surface area (TPSA) is 79.5 Å². The minimum atomic E-state index is -0.323. The third-order valence-electron chi connectivity index (χ3n) is 6.43. The highest BCUT2D eigenvalue weighted by atomic mass is 35.5. The number of primary amides is 1. The average molecular weight is 427 g/mol. The molecule has 2 aliphatic heterocycles. The number of aromatic nitrogens is 1. The number of carbonyl (C=O) groups excluding carboxylic acids is 2. The lowest BCUT2D eigenvalue weighted by atomic mass is 10.0. The van der Waals surface area contributed by atoms with E-state index in [9.17, 15) is 9.59 Å². The Hall–Kier alpha value is -2.44. The zero-order chi connectivity index (χ0) is 21.4. The summed E-state index contributed by atoms with van der Waals surface area (Å²) in [5.74, 6) is 0.452. The highest BCUT2D eigenvalue weighted by molar-refractivity contribution is 6.31. The van der Waals surface area contributed by atoms with Crippen molar-refractivity contribution in [1.82, 2.24) is 14.8 Å². The van der Waals surface area contributed by atoms with E-state index in [0.29, 0.717) is 35.6 Å². The Bertz CT molecular complexity index is 965. The lowest BCUT2D eigenvalue weighted by Crippen LogP contribution is -2.36. The van der Waals surface area contributed by atoms with Gasteiger partial charge in [0.1, 0.15) is 5.69 Å². The first kappa shape index (κ1) is 20.8. The first-order chi connectivity index (χ1) is 14.3. The number of halogens is 1. The zero-order valence-electron chi connectivity index (χ0n) is 17.3. The van der Waals surface area contributed by atoms with Crippen molar-refractivity contribution in [2.24, 2.45) is 17.6 Å². The Labute approximate surface area is 182 Å². The summed E-state index contributed by atoms with van der Waals surface area (Å²) in [5.41, 5.74) is 9.03. The van der Waals surface area contributed by atoms with Crippen LogP contribution in [0, 0.1) is 25.7 Å². The van der Waals surface area contributed by atoms with Crippen molar-refractivity contribution < 1.29 is 9.59 Å². The number of aryl methyl sites for hydroxylation is 2. The summed E-state index contributed by atoms with van der Waals surface area (Å²) in [4.78, 5) is 33.2. The normalized spacial score (nSPS) is 22.2. The maximum Gasteiger partial charge on any atom is 0.272 e. The van der Waals surface area contributed by atoms with Crippen LogP contribution < -0.4 is 5.73 Å². The molecule has 2 saturated heterocycles. The van der Waals surface area contributed by atoms with Gasteiger partial charge in [0.15, 0.2) is 0 Å². The second-order valence-electron chi connectivity index (χ2n) is 8.55. The summed E-state index contributed by atoms with van der Waals surface area (Å²) >= 11 is 6.34. The number of pyridine rings is 1. The fourth-order valence-electron chi connectivity index (χ4n) is 4.77. The van der Waals surface area contributed by atoms with Gasteiger partial charge in [0.2, 0.25) is 5.91 Å². The Morgan fingerprint density at radius 2 is 1.83 bits per heavy atom. The molecule has 158 valence electrons. The minimum Gasteiger partial charge on any atom is -0.370 e. The summed E-state index contributed by atoms with van der Waals surface area (Å²) in [6.07, 6.45) is 1.93. The van der Waals surface area contributed by atoms with E-state index in [2.05, 4.69) is 9.88 Å². The molecule has 3 unspecified atom stereocenters. The van der Waals surface area contributed by atoms with Crippen molar-refractivity contribution in [2.45, 2.75) is 26.3 Å². The zero-order valence-corrected chi connectivity index (χ0v) is 18.1. The number of fused-ring (bicyclic) bond motifs is 1. The molecule has 3 atom stereocenters. The standard InChI is InChI=1S/C23H27ClN4O2/c1-14-5-6-16(8-19(14)24)20(9-21(25)29)27-10-17-12-28(13-18(17)11-27)23(30)22-15(2)4-3-7-26-22/h3-8,17-18,20H,9-13H2,1-2H3,(H2,25,29). The molecule has 2 aromatic rings. The number of hydrogen-bond acceptors (Lipinski definition) is 4. The van der Waals surface area contributed by atoms with Gasteiger partial charge in [0, 0.05) is 49.9 Å². The van der Waals surface area contributed by atoms with Gasteiger partial charge >= 0.3 is 0 Å². The largest absolute Gasteiger partial charge is 0.370 e. The third-order valence-corrected chi connectivity index (χ3v) is 6.84. The second-order valence-corrected chi connectivity index (χ2v) is 8.96. The second kappa shape index (κ2) is 8.36. The Kier molecular flexibility index (Phi) is 5.80. The molecule has 7 heteroatoms. The monoisotopic (exact) mass is 426 g/mol. The summed E-state index contributed by atoms with van der Waals surface area (Å²) in [5, 5.41) is 0.698. The van der Waals surface area contributed by atoms with Crippen molar-refractivity contribution >= 4 is 23.4 Å². The predicted octanol–water partition coefficient (Wildman–Crippen LogP) is 2.97. The lowest BCUT2D eigenvalue weighted by molar-refractivity contribution is -0.119. The van der Waals surface area contributed by atoms with Crippen LogP contribution in [0.15, 0.2) is 36.5 Å². The van der Waals surface area contributed by atoms with Gasteiger partial charge < -0.3 is 10.6 Å². The van der Waals surface area contributed by atoms with E-state index >= 15 is 0 Å². The molecule has 3 heterocycles. The first-order valence-corrected chi connectivity index (χ1v) is 10.7. The molecular weight excluding hydrogens is 400 g/mol. The molecule has 0 radical (unpaired) electrons. The van der Waals surface area contributed by atoms with Gasteiger partial charge in [0.05, 0.1) is 0 Å². The van der Waals surface area contributed by atoms with Crippen LogP contribution in [0.4, 0.5) is 0 Å². The number of benzene rings is 1. The van der Waals surface area contributed by atoms with Crippen molar-refractivity contribution in [2.75, 3.05) is 26.2 Å². The number of nitrogens with zero attached hydrogens (tertiary/aromatic N) is 3. The van der Waals surface area contributed by atoms with Gasteiger partial charge in [0.25, 0.3) is 5.91 Å². The number of nitrogens with two attached hydrogens (primary N) is 1. The lowest BCUT2D eigenvalue weighted by Gasteiger charge is -2.29. The molecule has 4 rings (SSSR count). The molecule has 0 bridgehead atoms. The highest BCUT2D eigenvalue weighted by Gasteiger charge is 2.44. The van der Waals surface area contributed by atoms with Crippen molar-refractivity contribution in [3.05, 3.63) is 63.9 Å². The van der Waals surface area contributed by atoms with Gasteiger partial charge in [-0.05, 0) is 54.5 Å². The molecule has 2 aliphatic rings. The van der Waals surface area contributed by atoms with Gasteiger partial charge in [-0.25, -0.2) is 0 Å². The van der Waals surface area contributed by atoms with Crippen LogP contribution in [0.2, 0.25) is 5.02 Å². The van der Waals surface area contributed by atoms with E-state index in [-0.39, 0.29) is 24.3 Å². The van der Waals surface area contributed by atoms with E-state index in [1.165, 1.54) is 0 Å². The number of rotatable bonds is 5. The molecule has 2 amide bonds.